The van der Waals surface area contributed by atoms with Gasteiger partial charge in [0.15, 0.2) is 14.2 Å². The molecule has 25 heavy (non-hydrogen) atoms. The Balaban J connectivity index is 1.48. The summed E-state index contributed by atoms with van der Waals surface area (Å²) in [5.74, 6) is -0.403. The van der Waals surface area contributed by atoms with Crippen LogP contribution in [0, 0.1) is 5.82 Å². The Kier molecular flexibility index (Phi) is 5.54. The molecule has 1 aliphatic rings. The van der Waals surface area contributed by atoms with E-state index in [0.29, 0.717) is 21.6 Å². The quantitative estimate of drug-likeness (QED) is 0.711. The molecule has 1 aromatic heterocycles. The minimum Gasteiger partial charge on any atom is -0.352 e. The molecular weight excluding hydrogens is 387 g/mol. The van der Waals surface area contributed by atoms with Crippen LogP contribution in [0.5, 0.6) is 0 Å². The van der Waals surface area contributed by atoms with Gasteiger partial charge in [-0.25, -0.2) is 12.8 Å². The van der Waals surface area contributed by atoms with Gasteiger partial charge in [-0.15, -0.1) is 10.2 Å². The number of para-hydroxylation sites is 1. The maximum absolute atomic E-state index is 13.6. The van der Waals surface area contributed by atoms with Crippen LogP contribution in [0.15, 0.2) is 28.6 Å². The normalized spacial score (nSPS) is 18.8. The summed E-state index contributed by atoms with van der Waals surface area (Å²) < 4.78 is 36.9. The first-order valence-electron chi connectivity index (χ1n) is 7.39. The zero-order chi connectivity index (χ0) is 17.9. The molecule has 2 aromatic rings. The van der Waals surface area contributed by atoms with Crippen LogP contribution in [0.3, 0.4) is 0 Å². The fourth-order valence-corrected chi connectivity index (χ4v) is 5.55. The number of thioether (sulfide) groups is 1. The number of nitrogens with zero attached hydrogens (tertiary/aromatic N) is 2. The van der Waals surface area contributed by atoms with Crippen LogP contribution < -0.4 is 10.6 Å². The van der Waals surface area contributed by atoms with Gasteiger partial charge in [-0.2, -0.15) is 0 Å². The Morgan fingerprint density at radius 1 is 1.36 bits per heavy atom. The van der Waals surface area contributed by atoms with Gasteiger partial charge in [-0.1, -0.05) is 35.2 Å². The molecule has 0 aliphatic carbocycles. The van der Waals surface area contributed by atoms with Crippen molar-refractivity contribution in [3.05, 3.63) is 30.1 Å². The summed E-state index contributed by atoms with van der Waals surface area (Å²) in [5.41, 5.74) is 0.301. The lowest BCUT2D eigenvalue weighted by atomic mass is 10.3. The van der Waals surface area contributed by atoms with E-state index in [1.165, 1.54) is 29.2 Å². The molecule has 1 atom stereocenters. The number of aromatic nitrogens is 2. The third kappa shape index (κ3) is 5.13. The number of carbonyl (C=O) groups excluding carboxylic acids is 1. The van der Waals surface area contributed by atoms with Gasteiger partial charge in [0, 0.05) is 6.04 Å². The van der Waals surface area contributed by atoms with Gasteiger partial charge in [0.1, 0.15) is 5.82 Å². The van der Waals surface area contributed by atoms with Gasteiger partial charge < -0.3 is 10.6 Å². The van der Waals surface area contributed by atoms with Crippen molar-refractivity contribution < 1.29 is 17.6 Å². The molecule has 134 valence electrons. The van der Waals surface area contributed by atoms with E-state index in [1.54, 1.807) is 18.2 Å². The van der Waals surface area contributed by atoms with Crippen molar-refractivity contribution in [1.82, 2.24) is 15.5 Å². The van der Waals surface area contributed by atoms with Crippen molar-refractivity contribution in [3.8, 4) is 0 Å². The highest BCUT2D eigenvalue weighted by Crippen LogP contribution is 2.28. The van der Waals surface area contributed by atoms with Gasteiger partial charge >= 0.3 is 0 Å². The minimum absolute atomic E-state index is 0.00107. The maximum atomic E-state index is 13.6. The van der Waals surface area contributed by atoms with Crippen molar-refractivity contribution in [2.45, 2.75) is 16.8 Å². The fraction of sp³-hybridized carbons (Fsp3) is 0.357. The molecule has 0 spiro atoms. The number of halogens is 1. The molecule has 1 saturated heterocycles. The zero-order valence-electron chi connectivity index (χ0n) is 12.9. The lowest BCUT2D eigenvalue weighted by Gasteiger charge is -2.09. The highest BCUT2D eigenvalue weighted by molar-refractivity contribution is 8.01. The molecule has 0 radical (unpaired) electrons. The number of carbonyl (C=O) groups is 1. The number of amides is 1. The monoisotopic (exact) mass is 402 g/mol. The second-order valence-corrected chi connectivity index (χ2v) is 9.86. The predicted octanol–water partition coefficient (Wildman–Crippen LogP) is 1.82. The number of rotatable bonds is 6. The summed E-state index contributed by atoms with van der Waals surface area (Å²) in [6.45, 7) is 0. The highest BCUT2D eigenvalue weighted by atomic mass is 32.2. The molecule has 1 amide bonds. The Bertz CT molecular complexity index is 872. The third-order valence-corrected chi connectivity index (χ3v) is 7.19. The van der Waals surface area contributed by atoms with Crippen molar-refractivity contribution in [1.29, 1.82) is 0 Å². The Morgan fingerprint density at radius 3 is 2.88 bits per heavy atom. The maximum Gasteiger partial charge on any atom is 0.230 e. The van der Waals surface area contributed by atoms with Crippen LogP contribution in [0.1, 0.15) is 6.42 Å². The molecule has 1 aromatic carbocycles. The molecule has 0 saturated carbocycles. The van der Waals surface area contributed by atoms with E-state index in [-0.39, 0.29) is 29.2 Å². The molecule has 7 nitrogen and oxygen atoms in total. The molecule has 1 aliphatic heterocycles. The summed E-state index contributed by atoms with van der Waals surface area (Å²) >= 11 is 2.41. The topological polar surface area (TPSA) is 101 Å². The molecule has 3 rings (SSSR count). The number of anilines is 2. The summed E-state index contributed by atoms with van der Waals surface area (Å²) in [4.78, 5) is 11.9. The zero-order valence-corrected chi connectivity index (χ0v) is 15.4. The average molecular weight is 402 g/mol. The molecular formula is C14H15FN4O3S3. The standard InChI is InChI=1S/C14H15FN4O3S3/c15-10-3-1-2-4-11(10)17-13-18-19-14(24-13)23-7-12(20)16-9-5-6-25(21,22)8-9/h1-4,9H,5-8H2,(H,16,20)(H,17,18)/t9-/m0/s1. The lowest BCUT2D eigenvalue weighted by molar-refractivity contribution is -0.119. The number of benzene rings is 1. The smallest absolute Gasteiger partial charge is 0.230 e. The molecule has 2 heterocycles. The number of hydrogen-bond donors (Lipinski definition) is 2. The van der Waals surface area contributed by atoms with E-state index in [4.69, 9.17) is 0 Å². The predicted molar refractivity (Wildman–Crippen MR) is 95.5 cm³/mol. The summed E-state index contributed by atoms with van der Waals surface area (Å²) in [5, 5.41) is 13.8. The molecule has 0 unspecified atom stereocenters. The van der Waals surface area contributed by atoms with Crippen molar-refractivity contribution in [2.24, 2.45) is 0 Å². The van der Waals surface area contributed by atoms with E-state index in [2.05, 4.69) is 20.8 Å². The Hall–Kier alpha value is -1.72. The Labute approximate surface area is 152 Å². The van der Waals surface area contributed by atoms with Gasteiger partial charge in [-0.3, -0.25) is 4.79 Å². The lowest BCUT2D eigenvalue weighted by Crippen LogP contribution is -2.36. The van der Waals surface area contributed by atoms with E-state index in [1.807, 2.05) is 0 Å². The van der Waals surface area contributed by atoms with Crippen LogP contribution in [0.4, 0.5) is 15.2 Å². The first-order chi connectivity index (χ1) is 11.9. The SMILES string of the molecule is O=C(CSc1nnc(Nc2ccccc2F)s1)N[C@H]1CCS(=O)(=O)C1. The minimum atomic E-state index is -3.02. The third-order valence-electron chi connectivity index (χ3n) is 3.45. The van der Waals surface area contributed by atoms with Crippen LogP contribution >= 0.6 is 23.1 Å². The number of sulfone groups is 1. The van der Waals surface area contributed by atoms with Gasteiger partial charge in [-0.05, 0) is 18.6 Å². The number of nitrogens with one attached hydrogen (secondary N) is 2. The van der Waals surface area contributed by atoms with Crippen LogP contribution in [-0.2, 0) is 14.6 Å². The van der Waals surface area contributed by atoms with Crippen LogP contribution in [0.25, 0.3) is 0 Å². The molecule has 2 N–H and O–H groups in total. The first-order valence-corrected chi connectivity index (χ1v) is 11.0. The van der Waals surface area contributed by atoms with E-state index < -0.39 is 15.7 Å². The first kappa shape index (κ1) is 18.1. The average Bonchev–Trinajstić information content (AvgIpc) is 3.14. The highest BCUT2D eigenvalue weighted by Gasteiger charge is 2.28. The van der Waals surface area contributed by atoms with Crippen molar-refractivity contribution >= 4 is 49.7 Å². The van der Waals surface area contributed by atoms with Crippen molar-refractivity contribution in [3.63, 3.8) is 0 Å². The second-order valence-electron chi connectivity index (χ2n) is 5.43. The van der Waals surface area contributed by atoms with Crippen LogP contribution in [0.2, 0.25) is 0 Å². The molecule has 11 heteroatoms. The molecule has 1 fully saturated rings. The van der Waals surface area contributed by atoms with Gasteiger partial charge in [0.2, 0.25) is 11.0 Å². The largest absolute Gasteiger partial charge is 0.352 e. The summed E-state index contributed by atoms with van der Waals surface area (Å²) in [7, 11) is -3.02. The van der Waals surface area contributed by atoms with Crippen molar-refractivity contribution in [2.75, 3.05) is 22.6 Å². The summed E-state index contributed by atoms with van der Waals surface area (Å²) in [6.07, 6.45) is 0.453. The second kappa shape index (κ2) is 7.67. The fourth-order valence-electron chi connectivity index (χ4n) is 2.30. The molecule has 0 bridgehead atoms. The van der Waals surface area contributed by atoms with E-state index >= 15 is 0 Å². The Morgan fingerprint density at radius 2 is 2.16 bits per heavy atom. The van der Waals surface area contributed by atoms with Gasteiger partial charge in [0.05, 0.1) is 22.9 Å². The number of hydrogen-bond acceptors (Lipinski definition) is 8. The van der Waals surface area contributed by atoms with Crippen LogP contribution in [-0.4, -0.2) is 47.8 Å². The summed E-state index contributed by atoms with van der Waals surface area (Å²) in [6, 6.07) is 5.91. The van der Waals surface area contributed by atoms with E-state index in [9.17, 15) is 17.6 Å². The van der Waals surface area contributed by atoms with E-state index in [0.717, 1.165) is 0 Å². The van der Waals surface area contributed by atoms with Gasteiger partial charge in [0.25, 0.3) is 0 Å².